The molecule has 0 radical (unpaired) electrons. The monoisotopic (exact) mass is 471 g/mol. The number of fused-ring (bicyclic) bond motifs is 3. The zero-order chi connectivity index (χ0) is 24.8. The summed E-state index contributed by atoms with van der Waals surface area (Å²) in [5, 5.41) is 38.9. The molecule has 3 aromatic rings. The quantitative estimate of drug-likeness (QED) is 0.352. The minimum Gasteiger partial charge on any atom is -0.479 e. The predicted molar refractivity (Wildman–Crippen MR) is 130 cm³/mol. The first kappa shape index (κ1) is 25.6. The van der Waals surface area contributed by atoms with Crippen molar-refractivity contribution in [2.24, 2.45) is 0 Å². The molecule has 0 spiro atoms. The van der Waals surface area contributed by atoms with Crippen LogP contribution in [0.2, 0.25) is 0 Å². The summed E-state index contributed by atoms with van der Waals surface area (Å²) < 4.78 is 2.50. The van der Waals surface area contributed by atoms with Crippen molar-refractivity contribution in [2.45, 2.75) is 51.1 Å². The van der Waals surface area contributed by atoms with Gasteiger partial charge in [0, 0.05) is 53.5 Å². The Bertz CT molecular complexity index is 1050. The third kappa shape index (κ3) is 6.12. The lowest BCUT2D eigenvalue weighted by Gasteiger charge is -2.36. The van der Waals surface area contributed by atoms with Gasteiger partial charge < -0.3 is 35.2 Å². The summed E-state index contributed by atoms with van der Waals surface area (Å²) in [6.45, 7) is 9.16. The molecule has 1 fully saturated rings. The fourth-order valence-electron chi connectivity index (χ4n) is 4.59. The van der Waals surface area contributed by atoms with Crippen LogP contribution in [0.4, 0.5) is 0 Å². The van der Waals surface area contributed by atoms with Crippen molar-refractivity contribution in [2.75, 3.05) is 19.6 Å². The van der Waals surface area contributed by atoms with Crippen LogP contribution in [0.1, 0.15) is 20.3 Å². The molecule has 4 atom stereocenters. The molecule has 4 rings (SSSR count). The fourth-order valence-corrected chi connectivity index (χ4v) is 4.59. The van der Waals surface area contributed by atoms with Gasteiger partial charge >= 0.3 is 11.9 Å². The number of aliphatic hydroxyl groups excluding tert-OH is 2. The molecule has 1 saturated heterocycles. The Morgan fingerprint density at radius 2 is 1.29 bits per heavy atom. The Morgan fingerprint density at radius 1 is 0.853 bits per heavy atom. The summed E-state index contributed by atoms with van der Waals surface area (Å²) in [5.41, 5.74) is 2.72. The summed E-state index contributed by atoms with van der Waals surface area (Å²) in [7, 11) is 0. The predicted octanol–water partition coefficient (Wildman–Crippen LogP) is 1.74. The van der Waals surface area contributed by atoms with E-state index in [1.54, 1.807) is 0 Å². The SMILES string of the molecule is C[C@@H]1CN(CCCn2c3ccccc3c3ccccc32)C[C@H](C)N1.O=C(O)[C@H](O)[C@@H](O)C(=O)O. The number of piperazine rings is 1. The average Bonchev–Trinajstić information content (AvgIpc) is 3.12. The highest BCUT2D eigenvalue weighted by molar-refractivity contribution is 6.07. The number of nitrogens with zero attached hydrogens (tertiary/aromatic N) is 2. The van der Waals surface area contributed by atoms with Gasteiger partial charge in [0.15, 0.2) is 12.2 Å². The molecule has 9 nitrogen and oxygen atoms in total. The molecular formula is C25H33N3O6. The number of para-hydroxylation sites is 2. The first-order valence-electron chi connectivity index (χ1n) is 11.4. The third-order valence-electron chi connectivity index (χ3n) is 5.97. The molecule has 2 heterocycles. The number of aliphatic hydroxyl groups is 2. The maximum Gasteiger partial charge on any atom is 0.335 e. The van der Waals surface area contributed by atoms with Crippen molar-refractivity contribution in [1.82, 2.24) is 14.8 Å². The number of carboxylic acid groups (broad SMARTS) is 2. The molecule has 1 aliphatic heterocycles. The van der Waals surface area contributed by atoms with Crippen LogP contribution in [0.5, 0.6) is 0 Å². The second-order valence-electron chi connectivity index (χ2n) is 8.83. The van der Waals surface area contributed by atoms with Gasteiger partial charge in [0.05, 0.1) is 0 Å². The molecule has 184 valence electrons. The van der Waals surface area contributed by atoms with Gasteiger partial charge in [0.25, 0.3) is 0 Å². The van der Waals surface area contributed by atoms with Gasteiger partial charge in [0.2, 0.25) is 0 Å². The smallest absolute Gasteiger partial charge is 0.335 e. The number of nitrogens with one attached hydrogen (secondary N) is 1. The lowest BCUT2D eigenvalue weighted by atomic mass is 10.1. The number of aliphatic carboxylic acids is 2. The molecule has 34 heavy (non-hydrogen) atoms. The molecule has 2 aromatic carbocycles. The minimum atomic E-state index is -2.27. The molecule has 9 heteroatoms. The van der Waals surface area contributed by atoms with E-state index < -0.39 is 24.1 Å². The normalized spacial score (nSPS) is 20.5. The summed E-state index contributed by atoms with van der Waals surface area (Å²) in [5.74, 6) is -3.54. The molecular weight excluding hydrogens is 438 g/mol. The van der Waals surface area contributed by atoms with Gasteiger partial charge in [-0.3, -0.25) is 0 Å². The van der Waals surface area contributed by atoms with Gasteiger partial charge in [-0.1, -0.05) is 36.4 Å². The fraction of sp³-hybridized carbons (Fsp3) is 0.440. The second-order valence-corrected chi connectivity index (χ2v) is 8.83. The highest BCUT2D eigenvalue weighted by Gasteiger charge is 2.29. The zero-order valence-electron chi connectivity index (χ0n) is 19.5. The molecule has 0 amide bonds. The van der Waals surface area contributed by atoms with Gasteiger partial charge in [-0.2, -0.15) is 0 Å². The third-order valence-corrected chi connectivity index (χ3v) is 5.97. The number of carbonyl (C=O) groups is 2. The van der Waals surface area contributed by atoms with Crippen LogP contribution < -0.4 is 5.32 Å². The van der Waals surface area contributed by atoms with E-state index in [2.05, 4.69) is 77.2 Å². The Hall–Kier alpha value is -2.98. The summed E-state index contributed by atoms with van der Waals surface area (Å²) in [4.78, 5) is 22.2. The van der Waals surface area contributed by atoms with E-state index >= 15 is 0 Å². The largest absolute Gasteiger partial charge is 0.479 e. The van der Waals surface area contributed by atoms with Crippen molar-refractivity contribution in [1.29, 1.82) is 0 Å². The zero-order valence-corrected chi connectivity index (χ0v) is 19.5. The molecule has 0 bridgehead atoms. The highest BCUT2D eigenvalue weighted by Crippen LogP contribution is 2.28. The number of aryl methyl sites for hydroxylation is 1. The molecule has 0 aliphatic carbocycles. The van der Waals surface area contributed by atoms with Gasteiger partial charge in [-0.15, -0.1) is 0 Å². The van der Waals surface area contributed by atoms with Gasteiger partial charge in [0.1, 0.15) is 0 Å². The van der Waals surface area contributed by atoms with Crippen molar-refractivity contribution in [3.8, 4) is 0 Å². The summed E-state index contributed by atoms with van der Waals surface area (Å²) >= 11 is 0. The van der Waals surface area contributed by atoms with Crippen molar-refractivity contribution >= 4 is 33.7 Å². The molecule has 0 unspecified atom stereocenters. The van der Waals surface area contributed by atoms with Crippen LogP contribution in [0, 0.1) is 0 Å². The minimum absolute atomic E-state index is 0.599. The van der Waals surface area contributed by atoms with Crippen LogP contribution in [0.25, 0.3) is 21.8 Å². The number of hydrogen-bond donors (Lipinski definition) is 5. The summed E-state index contributed by atoms with van der Waals surface area (Å²) in [6, 6.07) is 18.8. The second kappa shape index (κ2) is 11.4. The van der Waals surface area contributed by atoms with Crippen molar-refractivity contribution in [3.05, 3.63) is 48.5 Å². The van der Waals surface area contributed by atoms with E-state index in [0.29, 0.717) is 12.1 Å². The van der Waals surface area contributed by atoms with Crippen LogP contribution in [-0.2, 0) is 16.1 Å². The number of aromatic nitrogens is 1. The number of benzene rings is 2. The van der Waals surface area contributed by atoms with E-state index in [0.717, 1.165) is 19.6 Å². The maximum absolute atomic E-state index is 9.77. The number of rotatable bonds is 7. The van der Waals surface area contributed by atoms with Gasteiger partial charge in [-0.05, 0) is 38.9 Å². The standard InChI is InChI=1S/C21H27N3.C4H6O6/c1-16-14-23(15-17(2)22-16)12-7-13-24-20-10-5-3-8-18(20)19-9-4-6-11-21(19)24;5-1(3(7)8)2(6)4(9)10/h3-6,8-11,16-17,22H,7,12-15H2,1-2H3;1-2,5-6H,(H,7,8)(H,9,10)/t16-,17+;1-,2-/m.1/s1. The van der Waals surface area contributed by atoms with E-state index in [1.165, 1.54) is 34.8 Å². The van der Waals surface area contributed by atoms with E-state index in [-0.39, 0.29) is 0 Å². The van der Waals surface area contributed by atoms with E-state index in [4.69, 9.17) is 20.4 Å². The van der Waals surface area contributed by atoms with Gasteiger partial charge in [-0.25, -0.2) is 9.59 Å². The Labute approximate surface area is 198 Å². The van der Waals surface area contributed by atoms with E-state index in [9.17, 15) is 9.59 Å². The summed E-state index contributed by atoms with van der Waals surface area (Å²) in [6.07, 6.45) is -3.34. The van der Waals surface area contributed by atoms with Crippen LogP contribution in [-0.4, -0.2) is 85.8 Å². The molecule has 5 N–H and O–H groups in total. The number of hydrogen-bond acceptors (Lipinski definition) is 6. The number of carboxylic acids is 2. The Kier molecular flexibility index (Phi) is 8.62. The first-order chi connectivity index (χ1) is 16.2. The lowest BCUT2D eigenvalue weighted by Crippen LogP contribution is -2.54. The molecule has 0 saturated carbocycles. The maximum atomic E-state index is 9.77. The topological polar surface area (TPSA) is 135 Å². The molecule has 1 aliphatic rings. The average molecular weight is 472 g/mol. The molecule has 1 aromatic heterocycles. The Morgan fingerprint density at radius 3 is 1.74 bits per heavy atom. The van der Waals surface area contributed by atoms with E-state index in [1.807, 2.05) is 0 Å². The van der Waals surface area contributed by atoms with Crippen LogP contribution in [0.3, 0.4) is 0 Å². The first-order valence-corrected chi connectivity index (χ1v) is 11.4. The lowest BCUT2D eigenvalue weighted by molar-refractivity contribution is -0.165. The Balaban J connectivity index is 0.000000277. The highest BCUT2D eigenvalue weighted by atomic mass is 16.4. The van der Waals surface area contributed by atoms with Crippen molar-refractivity contribution in [3.63, 3.8) is 0 Å². The van der Waals surface area contributed by atoms with Crippen LogP contribution >= 0.6 is 0 Å². The van der Waals surface area contributed by atoms with Crippen molar-refractivity contribution < 1.29 is 30.0 Å². The van der Waals surface area contributed by atoms with Crippen LogP contribution in [0.15, 0.2) is 48.5 Å².